The van der Waals surface area contributed by atoms with Crippen LogP contribution in [0.5, 0.6) is 0 Å². The van der Waals surface area contributed by atoms with Gasteiger partial charge in [-0.1, -0.05) is 21.8 Å². The first kappa shape index (κ1) is 17.3. The summed E-state index contributed by atoms with van der Waals surface area (Å²) in [6, 6.07) is 0. The Bertz CT molecular complexity index is 64.8. The van der Waals surface area contributed by atoms with Gasteiger partial charge in [0.05, 0.1) is 0 Å². The van der Waals surface area contributed by atoms with E-state index in [1.807, 2.05) is 18.8 Å². The van der Waals surface area contributed by atoms with Crippen LogP contribution >= 0.6 is 0 Å². The zero-order chi connectivity index (χ0) is 7.28. The Balaban J connectivity index is -0.000000320. The van der Waals surface area contributed by atoms with Crippen molar-refractivity contribution in [2.75, 3.05) is 20.3 Å². The van der Waals surface area contributed by atoms with E-state index in [4.69, 9.17) is 15.7 Å². The van der Waals surface area contributed by atoms with Crippen LogP contribution in [0.1, 0.15) is 21.8 Å². The Morgan fingerprint density at radius 3 is 2.09 bits per heavy atom. The lowest BCUT2D eigenvalue weighted by atomic mass is 9.66. The maximum absolute atomic E-state index is 5.47. The Morgan fingerprint density at radius 1 is 1.36 bits per heavy atom. The summed E-state index contributed by atoms with van der Waals surface area (Å²) in [5.74, 6) is 0. The van der Waals surface area contributed by atoms with Gasteiger partial charge in [0.1, 0.15) is 7.31 Å². The summed E-state index contributed by atoms with van der Waals surface area (Å²) in [6.07, 6.45) is 0. The minimum atomic E-state index is 0. The highest BCUT2D eigenvalue weighted by molar-refractivity contribution is 6.87. The van der Waals surface area contributed by atoms with Crippen molar-refractivity contribution in [2.24, 2.45) is 0 Å². The van der Waals surface area contributed by atoms with Gasteiger partial charge in [0.25, 0.3) is 0 Å². The third kappa shape index (κ3) is 10.1. The van der Waals surface area contributed by atoms with E-state index in [-0.39, 0.29) is 14.9 Å². The average Bonchev–Trinajstić information content (AvgIpc) is 1.87. The van der Waals surface area contributed by atoms with Gasteiger partial charge < -0.3 is 9.62 Å². The van der Waals surface area contributed by atoms with Crippen LogP contribution in [-0.2, 0) is 0 Å². The zero-order valence-corrected chi connectivity index (χ0v) is 6.04. The lowest BCUT2D eigenvalue weighted by Crippen LogP contribution is -2.36. The smallest absolute Gasteiger partial charge is 0.184 e. The van der Waals surface area contributed by atoms with Crippen LogP contribution in [-0.4, -0.2) is 52.9 Å². The van der Waals surface area contributed by atoms with E-state index in [0.29, 0.717) is 6.67 Å². The van der Waals surface area contributed by atoms with Gasteiger partial charge in [0.15, 0.2) is 7.98 Å². The van der Waals surface area contributed by atoms with Crippen LogP contribution in [0.3, 0.4) is 0 Å². The van der Waals surface area contributed by atoms with Gasteiger partial charge in [-0.15, -0.1) is 0 Å². The molecule has 0 aliphatic rings. The van der Waals surface area contributed by atoms with Crippen LogP contribution < -0.4 is 0 Å². The monoisotopic (exact) mass is 151 g/mol. The highest BCUT2D eigenvalue weighted by Gasteiger charge is 1.96. The fourth-order valence-corrected chi connectivity index (χ4v) is 0.434. The molecule has 0 rings (SSSR count). The maximum atomic E-state index is 5.47. The van der Waals surface area contributed by atoms with Gasteiger partial charge in [-0.2, -0.15) is 0 Å². The Hall–Kier alpha value is 0.115. The van der Waals surface area contributed by atoms with Crippen molar-refractivity contribution < 1.29 is 0 Å². The summed E-state index contributed by atoms with van der Waals surface area (Å²) in [7, 11) is 14.0. The molecule has 0 fully saturated rings. The lowest BCUT2D eigenvalue weighted by Gasteiger charge is -2.22. The van der Waals surface area contributed by atoms with E-state index in [1.165, 1.54) is 7.31 Å². The second-order valence-corrected chi connectivity index (χ2v) is 1.95. The highest BCUT2D eigenvalue weighted by Crippen LogP contribution is 1.81. The molecule has 0 saturated carbocycles. The maximum Gasteiger partial charge on any atom is 0.184 e. The van der Waals surface area contributed by atoms with E-state index in [0.717, 1.165) is 6.54 Å². The van der Waals surface area contributed by atoms with Crippen LogP contribution in [0.2, 0.25) is 0 Å². The predicted molar refractivity (Wildman–Crippen MR) is 55.7 cm³/mol. The molecular weight excluding hydrogens is 133 g/mol. The van der Waals surface area contributed by atoms with Crippen molar-refractivity contribution in [2.45, 2.75) is 21.8 Å². The molecule has 0 aliphatic heterocycles. The number of rotatable bonds is 4. The van der Waals surface area contributed by atoms with Gasteiger partial charge in [0, 0.05) is 14.4 Å². The molecule has 11 heavy (non-hydrogen) atoms. The normalized spacial score (nSPS) is 8.73. The third-order valence-corrected chi connectivity index (χ3v) is 1.07. The molecule has 0 heterocycles. The quantitative estimate of drug-likeness (QED) is 0.419. The summed E-state index contributed by atoms with van der Waals surface area (Å²) in [5, 5.41) is 0. The molecule has 0 aromatic carbocycles. The Labute approximate surface area is 75.4 Å². The van der Waals surface area contributed by atoms with Crippen molar-refractivity contribution in [3.8, 4) is 0 Å². The molecule has 5 heteroatoms. The molecule has 0 saturated heterocycles. The predicted octanol–water partition coefficient (Wildman–Crippen LogP) is 0.256. The topological polar surface area (TPSA) is 6.48 Å². The van der Waals surface area contributed by atoms with Crippen molar-refractivity contribution >= 4 is 23.0 Å². The largest absolute Gasteiger partial charge is 0.348 e. The second-order valence-electron chi connectivity index (χ2n) is 1.95. The van der Waals surface area contributed by atoms with Gasteiger partial charge in [-0.25, -0.2) is 0 Å². The third-order valence-electron chi connectivity index (χ3n) is 1.07. The lowest BCUT2D eigenvalue weighted by molar-refractivity contribution is 0.351. The van der Waals surface area contributed by atoms with E-state index in [1.54, 1.807) is 4.81 Å². The summed E-state index contributed by atoms with van der Waals surface area (Å²) < 4.78 is 0. The van der Waals surface area contributed by atoms with Crippen molar-refractivity contribution in [1.82, 2.24) is 9.62 Å². The molecule has 0 bridgehead atoms. The first-order chi connectivity index (χ1) is 4.20. The first-order valence-corrected chi connectivity index (χ1v) is 2.95. The zero-order valence-electron chi connectivity index (χ0n) is 6.04. The average molecular weight is 151 g/mol. The summed E-state index contributed by atoms with van der Waals surface area (Å²) >= 11 is 0. The van der Waals surface area contributed by atoms with Crippen LogP contribution in [0.4, 0.5) is 0 Å². The van der Waals surface area contributed by atoms with Gasteiger partial charge in [-0.3, -0.25) is 0 Å². The fraction of sp³-hybridized carbons (Fsp3) is 1.00. The SMILES string of the molecule is C.C.[B][B]N(C)CN([B])CC. The molecule has 0 aliphatic carbocycles. The first-order valence-electron chi connectivity index (χ1n) is 2.95. The van der Waals surface area contributed by atoms with Crippen molar-refractivity contribution in [3.05, 3.63) is 0 Å². The molecule has 0 aromatic heterocycles. The standard InChI is InChI=1S/C4H10B3N2.2CH4/c1-3-9(6)4-8(2)7-5;;/h3-4H2,1-2H3;2*1H4. The minimum Gasteiger partial charge on any atom is -0.348 e. The van der Waals surface area contributed by atoms with E-state index in [2.05, 4.69) is 0 Å². The fourth-order valence-electron chi connectivity index (χ4n) is 0.434. The molecule has 0 atom stereocenters. The van der Waals surface area contributed by atoms with Gasteiger partial charge >= 0.3 is 0 Å². The number of hydrogen-bond acceptors (Lipinski definition) is 2. The molecule has 2 nitrogen and oxygen atoms in total. The van der Waals surface area contributed by atoms with Gasteiger partial charge in [0.2, 0.25) is 0 Å². The molecular formula is C6H18B3N2. The number of nitrogens with zero attached hydrogens (tertiary/aromatic N) is 2. The molecule has 5 radical (unpaired) electrons. The number of hydrogen-bond donors (Lipinski definition) is 0. The summed E-state index contributed by atoms with van der Waals surface area (Å²) in [5.41, 5.74) is 0. The highest BCUT2D eigenvalue weighted by atomic mass is 15.2. The van der Waals surface area contributed by atoms with Crippen LogP contribution in [0.25, 0.3) is 0 Å². The molecule has 0 aromatic rings. The minimum absolute atomic E-state index is 0. The molecule has 61 valence electrons. The Morgan fingerprint density at radius 2 is 1.82 bits per heavy atom. The summed E-state index contributed by atoms with van der Waals surface area (Å²) in [4.78, 5) is 3.48. The van der Waals surface area contributed by atoms with Crippen LogP contribution in [0, 0.1) is 0 Å². The van der Waals surface area contributed by atoms with Crippen LogP contribution in [0.15, 0.2) is 0 Å². The van der Waals surface area contributed by atoms with E-state index >= 15 is 0 Å². The molecule has 0 unspecified atom stereocenters. The van der Waals surface area contributed by atoms with E-state index in [9.17, 15) is 0 Å². The van der Waals surface area contributed by atoms with Gasteiger partial charge in [-0.05, 0) is 13.6 Å². The molecule has 0 N–H and O–H groups in total. The van der Waals surface area contributed by atoms with Crippen molar-refractivity contribution in [3.63, 3.8) is 0 Å². The van der Waals surface area contributed by atoms with E-state index < -0.39 is 0 Å². The second kappa shape index (κ2) is 10.1. The molecule has 0 spiro atoms. The van der Waals surface area contributed by atoms with Crippen molar-refractivity contribution in [1.29, 1.82) is 0 Å². The molecule has 0 amide bonds. The summed E-state index contributed by atoms with van der Waals surface area (Å²) in [6.45, 7) is 3.50. The Kier molecular flexibility index (Phi) is 15.9.